The highest BCUT2D eigenvalue weighted by molar-refractivity contribution is 5.88. The fourth-order valence-electron chi connectivity index (χ4n) is 2.61. The highest BCUT2D eigenvalue weighted by Crippen LogP contribution is 2.48. The van der Waals surface area contributed by atoms with Crippen molar-refractivity contribution in [2.24, 2.45) is 11.3 Å². The van der Waals surface area contributed by atoms with Gasteiger partial charge in [-0.1, -0.05) is 6.92 Å². The molecule has 1 heterocycles. The number of hydrogen-bond donors (Lipinski definition) is 0. The molecule has 80 valence electrons. The van der Waals surface area contributed by atoms with Crippen molar-refractivity contribution in [3.63, 3.8) is 0 Å². The predicted molar refractivity (Wildman–Crippen MR) is 51.8 cm³/mol. The van der Waals surface area contributed by atoms with Gasteiger partial charge in [0.15, 0.2) is 5.79 Å². The molecule has 0 amide bonds. The minimum atomic E-state index is -0.628. The minimum absolute atomic E-state index is 0.142. The summed E-state index contributed by atoms with van der Waals surface area (Å²) < 4.78 is 11.3. The zero-order valence-corrected chi connectivity index (χ0v) is 9.13. The quantitative estimate of drug-likeness (QED) is 0.595. The van der Waals surface area contributed by atoms with Gasteiger partial charge in [-0.3, -0.25) is 4.79 Å². The topological polar surface area (TPSA) is 35.5 Å². The molecule has 1 unspecified atom stereocenters. The molecular weight excluding hydrogens is 180 g/mol. The molecule has 1 saturated heterocycles. The molecule has 0 N–H and O–H groups in total. The molecule has 3 nitrogen and oxygen atoms in total. The standard InChI is InChI=1S/C11H18O3/c1-8-4-5-11(13-6-7-14-11)10(2,3)9(8)12/h8H,4-7H2,1-3H3. The van der Waals surface area contributed by atoms with E-state index >= 15 is 0 Å². The second-order valence-electron chi connectivity index (χ2n) is 4.88. The zero-order chi connectivity index (χ0) is 10.4. The van der Waals surface area contributed by atoms with E-state index in [4.69, 9.17) is 9.47 Å². The number of ether oxygens (including phenoxy) is 2. The van der Waals surface area contributed by atoms with E-state index in [1.54, 1.807) is 0 Å². The summed E-state index contributed by atoms with van der Waals surface area (Å²) in [5.41, 5.74) is -0.499. The number of rotatable bonds is 0. The van der Waals surface area contributed by atoms with Gasteiger partial charge in [0, 0.05) is 12.3 Å². The highest BCUT2D eigenvalue weighted by Gasteiger charge is 2.57. The van der Waals surface area contributed by atoms with Crippen molar-refractivity contribution < 1.29 is 14.3 Å². The maximum atomic E-state index is 12.0. The molecule has 1 aliphatic heterocycles. The maximum absolute atomic E-state index is 12.0. The van der Waals surface area contributed by atoms with Gasteiger partial charge in [-0.25, -0.2) is 0 Å². The monoisotopic (exact) mass is 198 g/mol. The Labute approximate surface area is 84.8 Å². The summed E-state index contributed by atoms with van der Waals surface area (Å²) >= 11 is 0. The lowest BCUT2D eigenvalue weighted by Crippen LogP contribution is -2.55. The van der Waals surface area contributed by atoms with Crippen molar-refractivity contribution in [2.45, 2.75) is 39.4 Å². The summed E-state index contributed by atoms with van der Waals surface area (Å²) in [5.74, 6) is -0.217. The molecule has 1 spiro atoms. The summed E-state index contributed by atoms with van der Waals surface area (Å²) in [7, 11) is 0. The van der Waals surface area contributed by atoms with Crippen molar-refractivity contribution in [3.05, 3.63) is 0 Å². The lowest BCUT2D eigenvalue weighted by Gasteiger charge is -2.46. The van der Waals surface area contributed by atoms with E-state index in [9.17, 15) is 4.79 Å². The average molecular weight is 198 g/mol. The number of carbonyl (C=O) groups excluding carboxylic acids is 1. The van der Waals surface area contributed by atoms with Crippen LogP contribution < -0.4 is 0 Å². The predicted octanol–water partition coefficient (Wildman–Crippen LogP) is 1.75. The second kappa shape index (κ2) is 3.04. The summed E-state index contributed by atoms with van der Waals surface area (Å²) in [5, 5.41) is 0. The SMILES string of the molecule is CC1CCC2(OCCO2)C(C)(C)C1=O. The first-order valence-corrected chi connectivity index (χ1v) is 5.32. The van der Waals surface area contributed by atoms with Gasteiger partial charge in [-0.2, -0.15) is 0 Å². The molecule has 1 atom stereocenters. The van der Waals surface area contributed by atoms with Gasteiger partial charge in [-0.15, -0.1) is 0 Å². The third-order valence-corrected chi connectivity index (χ3v) is 3.68. The van der Waals surface area contributed by atoms with E-state index in [2.05, 4.69) is 0 Å². The van der Waals surface area contributed by atoms with Crippen molar-refractivity contribution in [1.29, 1.82) is 0 Å². The molecule has 0 aromatic carbocycles. The fraction of sp³-hybridized carbons (Fsp3) is 0.909. The molecule has 0 aromatic rings. The first-order chi connectivity index (χ1) is 6.50. The second-order valence-corrected chi connectivity index (χ2v) is 4.88. The first-order valence-electron chi connectivity index (χ1n) is 5.32. The van der Waals surface area contributed by atoms with Crippen molar-refractivity contribution in [3.8, 4) is 0 Å². The Morgan fingerprint density at radius 1 is 1.29 bits per heavy atom. The molecule has 0 aromatic heterocycles. The van der Waals surface area contributed by atoms with Crippen molar-refractivity contribution in [2.75, 3.05) is 13.2 Å². The van der Waals surface area contributed by atoms with Crippen LogP contribution in [-0.2, 0) is 14.3 Å². The zero-order valence-electron chi connectivity index (χ0n) is 9.13. The summed E-state index contributed by atoms with van der Waals surface area (Å²) in [6.45, 7) is 7.11. The minimum Gasteiger partial charge on any atom is -0.347 e. The van der Waals surface area contributed by atoms with Gasteiger partial charge < -0.3 is 9.47 Å². The number of hydrogen-bond acceptors (Lipinski definition) is 3. The summed E-state index contributed by atoms with van der Waals surface area (Å²) in [4.78, 5) is 12.0. The molecule has 3 heteroatoms. The largest absolute Gasteiger partial charge is 0.347 e. The van der Waals surface area contributed by atoms with E-state index in [1.165, 1.54) is 0 Å². The van der Waals surface area contributed by atoms with E-state index in [0.717, 1.165) is 12.8 Å². The molecular formula is C11H18O3. The molecule has 14 heavy (non-hydrogen) atoms. The Kier molecular flexibility index (Phi) is 2.20. The Hall–Kier alpha value is -0.410. The van der Waals surface area contributed by atoms with Crippen LogP contribution in [0.3, 0.4) is 0 Å². The smallest absolute Gasteiger partial charge is 0.180 e. The maximum Gasteiger partial charge on any atom is 0.180 e. The van der Waals surface area contributed by atoms with Crippen molar-refractivity contribution >= 4 is 5.78 Å². The fourth-order valence-corrected chi connectivity index (χ4v) is 2.61. The van der Waals surface area contributed by atoms with E-state index < -0.39 is 11.2 Å². The summed E-state index contributed by atoms with van der Waals surface area (Å²) in [6.07, 6.45) is 1.72. The molecule has 0 bridgehead atoms. The average Bonchev–Trinajstić information content (AvgIpc) is 2.60. The van der Waals surface area contributed by atoms with Crippen LogP contribution in [0, 0.1) is 11.3 Å². The Morgan fingerprint density at radius 3 is 2.43 bits per heavy atom. The van der Waals surface area contributed by atoms with E-state index in [0.29, 0.717) is 13.2 Å². The summed E-state index contributed by atoms with van der Waals surface area (Å²) in [6, 6.07) is 0. The van der Waals surface area contributed by atoms with Crippen LogP contribution in [0.5, 0.6) is 0 Å². The van der Waals surface area contributed by atoms with E-state index in [-0.39, 0.29) is 11.7 Å². The van der Waals surface area contributed by atoms with E-state index in [1.807, 2.05) is 20.8 Å². The lowest BCUT2D eigenvalue weighted by molar-refractivity contribution is -0.240. The molecule has 2 fully saturated rings. The van der Waals surface area contributed by atoms with Crippen LogP contribution in [-0.4, -0.2) is 24.8 Å². The third-order valence-electron chi connectivity index (χ3n) is 3.68. The Balaban J connectivity index is 2.31. The van der Waals surface area contributed by atoms with Crippen LogP contribution in [0.4, 0.5) is 0 Å². The van der Waals surface area contributed by atoms with Crippen LogP contribution >= 0.6 is 0 Å². The van der Waals surface area contributed by atoms with Gasteiger partial charge in [0.25, 0.3) is 0 Å². The van der Waals surface area contributed by atoms with Crippen LogP contribution in [0.25, 0.3) is 0 Å². The van der Waals surface area contributed by atoms with Crippen LogP contribution in [0.2, 0.25) is 0 Å². The van der Waals surface area contributed by atoms with Gasteiger partial charge in [0.05, 0.1) is 18.6 Å². The lowest BCUT2D eigenvalue weighted by atomic mass is 9.67. The van der Waals surface area contributed by atoms with Gasteiger partial charge in [0.1, 0.15) is 5.78 Å². The molecule has 0 radical (unpaired) electrons. The van der Waals surface area contributed by atoms with Gasteiger partial charge in [-0.05, 0) is 20.3 Å². The van der Waals surface area contributed by atoms with Crippen LogP contribution in [0.1, 0.15) is 33.6 Å². The van der Waals surface area contributed by atoms with Gasteiger partial charge in [0.2, 0.25) is 0 Å². The number of Topliss-reactive ketones (excluding diaryl/α,β-unsaturated/α-hetero) is 1. The number of carbonyl (C=O) groups is 1. The van der Waals surface area contributed by atoms with Gasteiger partial charge >= 0.3 is 0 Å². The normalized spacial score (nSPS) is 35.1. The first kappa shape index (κ1) is 10.1. The number of ketones is 1. The highest BCUT2D eigenvalue weighted by atomic mass is 16.7. The van der Waals surface area contributed by atoms with Crippen LogP contribution in [0.15, 0.2) is 0 Å². The molecule has 1 aliphatic carbocycles. The van der Waals surface area contributed by atoms with Crippen molar-refractivity contribution in [1.82, 2.24) is 0 Å². The Bertz CT molecular complexity index is 251. The molecule has 2 aliphatic rings. The Morgan fingerprint density at radius 2 is 1.86 bits per heavy atom. The molecule has 2 rings (SSSR count). The third kappa shape index (κ3) is 1.15. The molecule has 1 saturated carbocycles.